The normalized spacial score (nSPS) is 11.1. The maximum absolute atomic E-state index is 10.9. The third kappa shape index (κ3) is 3.36. The molecule has 0 fully saturated rings. The topological polar surface area (TPSA) is 73.4 Å². The molecule has 7 nitrogen and oxygen atoms in total. The lowest BCUT2D eigenvalue weighted by Crippen LogP contribution is -2.22. The number of nitro benzene ring substituents is 1. The first-order valence-corrected chi connectivity index (χ1v) is 7.48. The van der Waals surface area contributed by atoms with Crippen molar-refractivity contribution in [3.63, 3.8) is 0 Å². The van der Waals surface area contributed by atoms with E-state index in [4.69, 9.17) is 4.74 Å². The fourth-order valence-electron chi connectivity index (χ4n) is 2.61. The molecular formula is C17H18N4O3. The molecule has 0 spiro atoms. The van der Waals surface area contributed by atoms with Gasteiger partial charge in [-0.25, -0.2) is 0 Å². The highest BCUT2D eigenvalue weighted by Crippen LogP contribution is 2.21. The molecule has 0 aliphatic rings. The van der Waals surface area contributed by atoms with Crippen molar-refractivity contribution in [1.29, 1.82) is 0 Å². The second-order valence-corrected chi connectivity index (χ2v) is 5.65. The fraction of sp³-hybridized carbons (Fsp3) is 0.235. The molecule has 0 aliphatic carbocycles. The highest BCUT2D eigenvalue weighted by Gasteiger charge is 2.11. The van der Waals surface area contributed by atoms with Crippen LogP contribution in [0.2, 0.25) is 0 Å². The fourth-order valence-corrected chi connectivity index (χ4v) is 2.61. The maximum Gasteiger partial charge on any atom is 0.271 e. The van der Waals surface area contributed by atoms with Crippen molar-refractivity contribution in [3.8, 4) is 5.75 Å². The molecule has 0 unspecified atom stereocenters. The van der Waals surface area contributed by atoms with E-state index in [1.54, 1.807) is 30.1 Å². The van der Waals surface area contributed by atoms with Crippen LogP contribution in [0.4, 0.5) is 5.69 Å². The summed E-state index contributed by atoms with van der Waals surface area (Å²) in [7, 11) is 3.62. The van der Waals surface area contributed by atoms with E-state index in [1.807, 2.05) is 31.3 Å². The summed E-state index contributed by atoms with van der Waals surface area (Å²) in [6.45, 7) is 1.27. The van der Waals surface area contributed by atoms with Gasteiger partial charge in [0, 0.05) is 24.1 Å². The predicted octanol–water partition coefficient (Wildman–Crippen LogP) is 3.04. The zero-order valence-electron chi connectivity index (χ0n) is 13.5. The van der Waals surface area contributed by atoms with E-state index in [9.17, 15) is 10.1 Å². The molecule has 24 heavy (non-hydrogen) atoms. The predicted molar refractivity (Wildman–Crippen MR) is 90.8 cm³/mol. The number of fused-ring (bicyclic) bond motifs is 1. The number of non-ortho nitro benzene ring substituents is 1. The van der Waals surface area contributed by atoms with E-state index in [1.165, 1.54) is 6.07 Å². The van der Waals surface area contributed by atoms with Gasteiger partial charge in [0.2, 0.25) is 0 Å². The molecule has 1 aromatic heterocycles. The van der Waals surface area contributed by atoms with Gasteiger partial charge in [-0.05, 0) is 30.8 Å². The molecule has 7 heteroatoms. The van der Waals surface area contributed by atoms with Gasteiger partial charge >= 0.3 is 0 Å². The second kappa shape index (κ2) is 6.67. The van der Waals surface area contributed by atoms with Crippen LogP contribution in [-0.2, 0) is 13.2 Å². The number of hydrogen-bond donors (Lipinski definition) is 0. The standard InChI is InChI=1S/C17H18N4O3/c1-19(11-13-3-7-16(24-2)8-4-13)12-20-17-9-15(21(22)23)6-5-14(17)10-18-20/h3-10H,11-12H2,1-2H3. The number of benzene rings is 2. The smallest absolute Gasteiger partial charge is 0.271 e. The molecule has 0 radical (unpaired) electrons. The number of ether oxygens (including phenoxy) is 1. The van der Waals surface area contributed by atoms with Crippen molar-refractivity contribution >= 4 is 16.6 Å². The molecule has 0 saturated heterocycles. The zero-order chi connectivity index (χ0) is 17.1. The minimum atomic E-state index is -0.391. The van der Waals surface area contributed by atoms with E-state index >= 15 is 0 Å². The molecule has 0 atom stereocenters. The largest absolute Gasteiger partial charge is 0.497 e. The van der Waals surface area contributed by atoms with E-state index in [2.05, 4.69) is 10.00 Å². The Morgan fingerprint density at radius 3 is 2.67 bits per heavy atom. The number of nitrogens with zero attached hydrogens (tertiary/aromatic N) is 4. The van der Waals surface area contributed by atoms with Crippen LogP contribution in [0.1, 0.15) is 5.56 Å². The average molecular weight is 326 g/mol. The Bertz CT molecular complexity index is 858. The third-order valence-corrected chi connectivity index (χ3v) is 3.83. The van der Waals surface area contributed by atoms with Crippen molar-refractivity contribution in [1.82, 2.24) is 14.7 Å². The zero-order valence-corrected chi connectivity index (χ0v) is 13.5. The Kier molecular flexibility index (Phi) is 4.43. The highest BCUT2D eigenvalue weighted by atomic mass is 16.6. The van der Waals surface area contributed by atoms with Crippen LogP contribution in [0.3, 0.4) is 0 Å². The molecule has 0 amide bonds. The van der Waals surface area contributed by atoms with Crippen LogP contribution >= 0.6 is 0 Å². The summed E-state index contributed by atoms with van der Waals surface area (Å²) in [6, 6.07) is 12.7. The minimum absolute atomic E-state index is 0.0713. The van der Waals surface area contributed by atoms with Gasteiger partial charge in [-0.15, -0.1) is 0 Å². The Morgan fingerprint density at radius 1 is 1.25 bits per heavy atom. The van der Waals surface area contributed by atoms with Gasteiger partial charge in [0.25, 0.3) is 5.69 Å². The van der Waals surface area contributed by atoms with Crippen molar-refractivity contribution in [2.75, 3.05) is 14.2 Å². The monoisotopic (exact) mass is 326 g/mol. The van der Waals surface area contributed by atoms with Crippen LogP contribution in [0.5, 0.6) is 5.75 Å². The third-order valence-electron chi connectivity index (χ3n) is 3.83. The first-order chi connectivity index (χ1) is 11.6. The van der Waals surface area contributed by atoms with Gasteiger partial charge in [-0.3, -0.25) is 19.7 Å². The number of rotatable bonds is 6. The number of nitro groups is 1. The van der Waals surface area contributed by atoms with E-state index < -0.39 is 4.92 Å². The van der Waals surface area contributed by atoms with Gasteiger partial charge in [0.15, 0.2) is 0 Å². The van der Waals surface area contributed by atoms with Crippen LogP contribution < -0.4 is 4.74 Å². The maximum atomic E-state index is 10.9. The summed E-state index contributed by atoms with van der Waals surface area (Å²) in [6.07, 6.45) is 1.72. The molecular weight excluding hydrogens is 308 g/mol. The van der Waals surface area contributed by atoms with Crippen LogP contribution in [0.25, 0.3) is 10.9 Å². The van der Waals surface area contributed by atoms with Gasteiger partial charge in [-0.1, -0.05) is 12.1 Å². The van der Waals surface area contributed by atoms with E-state index in [0.29, 0.717) is 6.67 Å². The van der Waals surface area contributed by atoms with Gasteiger partial charge in [-0.2, -0.15) is 5.10 Å². The lowest BCUT2D eigenvalue weighted by Gasteiger charge is -2.17. The lowest BCUT2D eigenvalue weighted by atomic mass is 10.2. The number of methoxy groups -OCH3 is 1. The first-order valence-electron chi connectivity index (χ1n) is 7.48. The van der Waals surface area contributed by atoms with E-state index in [-0.39, 0.29) is 5.69 Å². The molecule has 2 aromatic carbocycles. The van der Waals surface area contributed by atoms with Crippen LogP contribution in [0.15, 0.2) is 48.7 Å². The molecule has 1 heterocycles. The highest BCUT2D eigenvalue weighted by molar-refractivity contribution is 5.80. The summed E-state index contributed by atoms with van der Waals surface area (Å²) in [5.74, 6) is 0.826. The number of hydrogen-bond acceptors (Lipinski definition) is 5. The van der Waals surface area contributed by atoms with Crippen molar-refractivity contribution < 1.29 is 9.66 Å². The van der Waals surface area contributed by atoms with Gasteiger partial charge in [0.1, 0.15) is 5.75 Å². The molecule has 3 aromatic rings. The SMILES string of the molecule is COc1ccc(CN(C)Cn2ncc3ccc([N+](=O)[O-])cc32)cc1. The summed E-state index contributed by atoms with van der Waals surface area (Å²) in [5, 5.41) is 16.2. The number of aromatic nitrogens is 2. The van der Waals surface area contributed by atoms with E-state index in [0.717, 1.165) is 28.8 Å². The second-order valence-electron chi connectivity index (χ2n) is 5.65. The van der Waals surface area contributed by atoms with Gasteiger partial charge < -0.3 is 4.74 Å². The Labute approximate surface area is 139 Å². The lowest BCUT2D eigenvalue weighted by molar-refractivity contribution is -0.384. The molecule has 0 saturated carbocycles. The van der Waals surface area contributed by atoms with Crippen molar-refractivity contribution in [2.24, 2.45) is 0 Å². The summed E-state index contributed by atoms with van der Waals surface area (Å²) >= 11 is 0. The summed E-state index contributed by atoms with van der Waals surface area (Å²) in [4.78, 5) is 12.6. The molecule has 0 N–H and O–H groups in total. The molecule has 0 aliphatic heterocycles. The van der Waals surface area contributed by atoms with Gasteiger partial charge in [0.05, 0.1) is 30.4 Å². The van der Waals surface area contributed by atoms with Crippen LogP contribution in [0, 0.1) is 10.1 Å². The quantitative estimate of drug-likeness (QED) is 0.514. The molecule has 3 rings (SSSR count). The summed E-state index contributed by atoms with van der Waals surface area (Å²) in [5.41, 5.74) is 1.98. The Morgan fingerprint density at radius 2 is 2.00 bits per heavy atom. The average Bonchev–Trinajstić information content (AvgIpc) is 2.97. The Balaban J connectivity index is 1.75. The van der Waals surface area contributed by atoms with Crippen LogP contribution in [-0.4, -0.2) is 33.8 Å². The minimum Gasteiger partial charge on any atom is -0.497 e. The Hall–Kier alpha value is -2.93. The first kappa shape index (κ1) is 15.9. The molecule has 0 bridgehead atoms. The van der Waals surface area contributed by atoms with Crippen molar-refractivity contribution in [3.05, 3.63) is 64.3 Å². The summed E-state index contributed by atoms with van der Waals surface area (Å²) < 4.78 is 6.93. The molecule has 124 valence electrons. The van der Waals surface area contributed by atoms with Crippen molar-refractivity contribution in [2.45, 2.75) is 13.2 Å².